The van der Waals surface area contributed by atoms with Gasteiger partial charge in [0.1, 0.15) is 5.82 Å². The Morgan fingerprint density at radius 3 is 1.92 bits per heavy atom. The van der Waals surface area contributed by atoms with Crippen LogP contribution in [0, 0.1) is 13.8 Å². The van der Waals surface area contributed by atoms with E-state index in [1.807, 2.05) is 24.3 Å². The molecule has 2 heteroatoms. The van der Waals surface area contributed by atoms with Crippen LogP contribution in [0.4, 0.5) is 0 Å². The minimum absolute atomic E-state index is 0.896. The largest absolute Gasteiger partial charge is 0.337 e. The first kappa shape index (κ1) is 15.4. The second kappa shape index (κ2) is 6.40. The van der Waals surface area contributed by atoms with Crippen molar-refractivity contribution in [3.63, 3.8) is 0 Å². The predicted molar refractivity (Wildman–Crippen MR) is 104 cm³/mol. The molecule has 0 saturated heterocycles. The van der Waals surface area contributed by atoms with Crippen molar-refractivity contribution in [2.24, 2.45) is 0 Å². The summed E-state index contributed by atoms with van der Waals surface area (Å²) in [5, 5.41) is 0. The lowest BCUT2D eigenvalue weighted by Gasteiger charge is -2.06. The number of nitrogens with zero attached hydrogens (tertiary/aromatic N) is 1. The van der Waals surface area contributed by atoms with Crippen molar-refractivity contribution in [2.75, 3.05) is 0 Å². The number of aryl methyl sites for hydroxylation is 2. The molecule has 0 aliphatic rings. The Labute approximate surface area is 148 Å². The Morgan fingerprint density at radius 1 is 0.640 bits per heavy atom. The fourth-order valence-electron chi connectivity index (χ4n) is 3.02. The molecule has 3 aromatic carbocycles. The van der Waals surface area contributed by atoms with Crippen LogP contribution in [0.1, 0.15) is 11.1 Å². The molecule has 122 valence electrons. The van der Waals surface area contributed by atoms with Crippen LogP contribution in [0.3, 0.4) is 0 Å². The summed E-state index contributed by atoms with van der Waals surface area (Å²) in [6, 6.07) is 27.2. The Kier molecular flexibility index (Phi) is 3.95. The summed E-state index contributed by atoms with van der Waals surface area (Å²) in [6.45, 7) is 4.28. The number of aromatic amines is 1. The molecule has 1 heterocycles. The molecule has 4 aromatic rings. The fraction of sp³-hybridized carbons (Fsp3) is 0.0870. The van der Waals surface area contributed by atoms with Gasteiger partial charge in [0.2, 0.25) is 0 Å². The molecular weight excluding hydrogens is 304 g/mol. The predicted octanol–water partition coefficient (Wildman–Crippen LogP) is 6.03. The van der Waals surface area contributed by atoms with Crippen LogP contribution in [0.5, 0.6) is 0 Å². The highest BCUT2D eigenvalue weighted by atomic mass is 14.9. The number of imidazole rings is 1. The van der Waals surface area contributed by atoms with Gasteiger partial charge in [-0.1, -0.05) is 72.8 Å². The van der Waals surface area contributed by atoms with E-state index in [4.69, 9.17) is 4.98 Å². The zero-order valence-corrected chi connectivity index (χ0v) is 14.5. The zero-order chi connectivity index (χ0) is 17.2. The second-order valence-electron chi connectivity index (χ2n) is 6.34. The molecule has 0 radical (unpaired) electrons. The molecule has 0 unspecified atom stereocenters. The molecule has 0 bridgehead atoms. The quantitative estimate of drug-likeness (QED) is 0.490. The lowest BCUT2D eigenvalue weighted by molar-refractivity contribution is 1.30. The van der Waals surface area contributed by atoms with E-state index in [1.54, 1.807) is 0 Å². The van der Waals surface area contributed by atoms with Crippen molar-refractivity contribution in [3.05, 3.63) is 90.0 Å². The third-order valence-electron chi connectivity index (χ3n) is 4.59. The van der Waals surface area contributed by atoms with Crippen LogP contribution in [-0.2, 0) is 0 Å². The Balaban J connectivity index is 1.92. The molecule has 0 spiro atoms. The second-order valence-corrected chi connectivity index (χ2v) is 6.34. The number of hydrogen-bond acceptors (Lipinski definition) is 1. The van der Waals surface area contributed by atoms with Gasteiger partial charge in [0.15, 0.2) is 0 Å². The Morgan fingerprint density at radius 2 is 1.28 bits per heavy atom. The van der Waals surface area contributed by atoms with Gasteiger partial charge in [-0.2, -0.15) is 0 Å². The van der Waals surface area contributed by atoms with Gasteiger partial charge in [-0.15, -0.1) is 0 Å². The maximum atomic E-state index is 4.94. The lowest BCUT2D eigenvalue weighted by atomic mass is 10.0. The molecule has 0 fully saturated rings. The molecule has 1 N–H and O–H groups in total. The van der Waals surface area contributed by atoms with E-state index >= 15 is 0 Å². The number of benzene rings is 3. The third-order valence-corrected chi connectivity index (χ3v) is 4.59. The summed E-state index contributed by atoms with van der Waals surface area (Å²) in [6.07, 6.45) is 0. The van der Waals surface area contributed by atoms with Gasteiger partial charge in [-0.3, -0.25) is 0 Å². The summed E-state index contributed by atoms with van der Waals surface area (Å²) >= 11 is 0. The molecule has 2 nitrogen and oxygen atoms in total. The molecule has 0 amide bonds. The van der Waals surface area contributed by atoms with Gasteiger partial charge in [-0.25, -0.2) is 4.98 Å². The van der Waals surface area contributed by atoms with Crippen molar-refractivity contribution in [1.82, 2.24) is 9.97 Å². The third kappa shape index (κ3) is 2.99. The average molecular weight is 324 g/mol. The van der Waals surface area contributed by atoms with Gasteiger partial charge in [0.25, 0.3) is 0 Å². The van der Waals surface area contributed by atoms with Crippen molar-refractivity contribution in [3.8, 4) is 33.9 Å². The normalized spacial score (nSPS) is 10.8. The van der Waals surface area contributed by atoms with Crippen LogP contribution in [0.15, 0.2) is 78.9 Å². The van der Waals surface area contributed by atoms with Crippen LogP contribution in [0.2, 0.25) is 0 Å². The molecule has 0 aliphatic carbocycles. The van der Waals surface area contributed by atoms with E-state index in [9.17, 15) is 0 Å². The number of aromatic nitrogens is 2. The summed E-state index contributed by atoms with van der Waals surface area (Å²) < 4.78 is 0. The number of rotatable bonds is 3. The van der Waals surface area contributed by atoms with Gasteiger partial charge >= 0.3 is 0 Å². The zero-order valence-electron chi connectivity index (χ0n) is 14.5. The van der Waals surface area contributed by atoms with Crippen LogP contribution in [0.25, 0.3) is 33.9 Å². The summed E-state index contributed by atoms with van der Waals surface area (Å²) in [7, 11) is 0. The highest BCUT2D eigenvalue weighted by Crippen LogP contribution is 2.33. The van der Waals surface area contributed by atoms with E-state index in [0.717, 1.165) is 33.9 Å². The minimum atomic E-state index is 0.896. The number of nitrogens with one attached hydrogen (secondary N) is 1. The molecule has 0 saturated carbocycles. The van der Waals surface area contributed by atoms with Crippen molar-refractivity contribution in [1.29, 1.82) is 0 Å². The molecule has 25 heavy (non-hydrogen) atoms. The first-order valence-electron chi connectivity index (χ1n) is 8.51. The number of H-pyrrole nitrogens is 1. The standard InChI is InChI=1S/C23H20N2/c1-16-13-14-20(15-17(16)2)22-21(18-9-5-3-6-10-18)24-23(25-22)19-11-7-4-8-12-19/h3-15H,1-2H3,(H,24,25). The van der Waals surface area contributed by atoms with Crippen LogP contribution >= 0.6 is 0 Å². The first-order valence-corrected chi connectivity index (χ1v) is 8.51. The van der Waals surface area contributed by atoms with E-state index in [1.165, 1.54) is 11.1 Å². The topological polar surface area (TPSA) is 28.7 Å². The fourth-order valence-corrected chi connectivity index (χ4v) is 3.02. The average Bonchev–Trinajstić information content (AvgIpc) is 3.11. The molecule has 0 aliphatic heterocycles. The minimum Gasteiger partial charge on any atom is -0.337 e. The van der Waals surface area contributed by atoms with Gasteiger partial charge < -0.3 is 4.98 Å². The highest BCUT2D eigenvalue weighted by molar-refractivity contribution is 5.81. The molecule has 0 atom stereocenters. The Bertz CT molecular complexity index is 999. The lowest BCUT2D eigenvalue weighted by Crippen LogP contribution is -1.87. The van der Waals surface area contributed by atoms with Gasteiger partial charge in [0.05, 0.1) is 11.4 Å². The van der Waals surface area contributed by atoms with Gasteiger partial charge in [0, 0.05) is 16.7 Å². The Hall–Kier alpha value is -3.13. The number of hydrogen-bond donors (Lipinski definition) is 1. The van der Waals surface area contributed by atoms with Crippen LogP contribution < -0.4 is 0 Å². The summed E-state index contributed by atoms with van der Waals surface area (Å²) in [5.41, 5.74) is 8.00. The summed E-state index contributed by atoms with van der Waals surface area (Å²) in [5.74, 6) is 0.896. The van der Waals surface area contributed by atoms with E-state index in [-0.39, 0.29) is 0 Å². The highest BCUT2D eigenvalue weighted by Gasteiger charge is 2.15. The van der Waals surface area contributed by atoms with Gasteiger partial charge in [-0.05, 0) is 31.0 Å². The first-order chi connectivity index (χ1) is 12.2. The van der Waals surface area contributed by atoms with E-state index < -0.39 is 0 Å². The van der Waals surface area contributed by atoms with Crippen molar-refractivity contribution < 1.29 is 0 Å². The summed E-state index contributed by atoms with van der Waals surface area (Å²) in [4.78, 5) is 8.48. The molecular formula is C23H20N2. The SMILES string of the molecule is Cc1ccc(-c2nc(-c3ccccc3)[nH]c2-c2ccccc2)cc1C. The maximum Gasteiger partial charge on any atom is 0.138 e. The molecule has 1 aromatic heterocycles. The van der Waals surface area contributed by atoms with Crippen molar-refractivity contribution in [2.45, 2.75) is 13.8 Å². The molecule has 4 rings (SSSR count). The maximum absolute atomic E-state index is 4.94. The van der Waals surface area contributed by atoms with E-state index in [2.05, 4.69) is 73.4 Å². The smallest absolute Gasteiger partial charge is 0.138 e. The van der Waals surface area contributed by atoms with Crippen LogP contribution in [-0.4, -0.2) is 9.97 Å². The monoisotopic (exact) mass is 324 g/mol. The van der Waals surface area contributed by atoms with E-state index in [0.29, 0.717) is 0 Å². The van der Waals surface area contributed by atoms with Crippen molar-refractivity contribution >= 4 is 0 Å².